The highest BCUT2D eigenvalue weighted by Crippen LogP contribution is 2.37. The third-order valence-electron chi connectivity index (χ3n) is 5.39. The second-order valence-corrected chi connectivity index (χ2v) is 7.73. The van der Waals surface area contributed by atoms with Gasteiger partial charge in [0.25, 0.3) is 5.91 Å². The molecule has 0 saturated heterocycles. The van der Waals surface area contributed by atoms with Crippen molar-refractivity contribution >= 4 is 17.4 Å². The Morgan fingerprint density at radius 3 is 2.75 bits per heavy atom. The number of amides is 1. The Bertz CT molecular complexity index is 1330. The molecule has 1 aliphatic heterocycles. The first-order valence-corrected chi connectivity index (χ1v) is 9.69. The number of nitriles is 1. The third kappa shape index (κ3) is 3.67. The Morgan fingerprint density at radius 2 is 2.03 bits per heavy atom. The average molecular weight is 432 g/mol. The molecule has 160 valence electrons. The molecule has 4 rings (SSSR count). The maximum atomic E-state index is 14.8. The van der Waals surface area contributed by atoms with Crippen LogP contribution in [0.3, 0.4) is 0 Å². The Balaban J connectivity index is 1.68. The highest BCUT2D eigenvalue weighted by molar-refractivity contribution is 6.04. The summed E-state index contributed by atoms with van der Waals surface area (Å²) in [7, 11) is 0. The van der Waals surface area contributed by atoms with Gasteiger partial charge in [0.2, 0.25) is 5.95 Å². The number of anilines is 1. The zero-order valence-electron chi connectivity index (χ0n) is 17.3. The number of aliphatic imine (C=N–C) groups is 1. The van der Waals surface area contributed by atoms with Crippen LogP contribution in [0, 0.1) is 30.0 Å². The van der Waals surface area contributed by atoms with E-state index in [1.54, 1.807) is 26.0 Å². The van der Waals surface area contributed by atoms with Crippen molar-refractivity contribution in [1.29, 1.82) is 5.26 Å². The van der Waals surface area contributed by atoms with Crippen molar-refractivity contribution in [1.82, 2.24) is 9.97 Å². The lowest BCUT2D eigenvalue weighted by molar-refractivity contribution is 0.102. The van der Waals surface area contributed by atoms with Crippen molar-refractivity contribution in [2.75, 3.05) is 5.32 Å². The van der Waals surface area contributed by atoms with Gasteiger partial charge in [-0.05, 0) is 49.7 Å². The minimum atomic E-state index is -1.20. The van der Waals surface area contributed by atoms with Gasteiger partial charge in [0.1, 0.15) is 23.4 Å². The van der Waals surface area contributed by atoms with Gasteiger partial charge < -0.3 is 11.1 Å². The number of aryl methyl sites for hydroxylation is 1. The highest BCUT2D eigenvalue weighted by Gasteiger charge is 2.36. The molecular formula is C23H18F2N6O. The molecule has 3 heterocycles. The number of hydrogen-bond donors (Lipinski definition) is 2. The molecule has 0 unspecified atom stereocenters. The van der Waals surface area contributed by atoms with Gasteiger partial charge in [0, 0.05) is 41.2 Å². The van der Waals surface area contributed by atoms with Crippen LogP contribution in [-0.4, -0.2) is 21.7 Å². The smallest absolute Gasteiger partial charge is 0.274 e. The number of hydrogen-bond acceptors (Lipinski definition) is 6. The Morgan fingerprint density at radius 1 is 1.25 bits per heavy atom. The van der Waals surface area contributed by atoms with Gasteiger partial charge in [-0.2, -0.15) is 9.65 Å². The number of carbonyl (C=O) groups is 1. The maximum Gasteiger partial charge on any atom is 0.274 e. The van der Waals surface area contributed by atoms with E-state index in [0.29, 0.717) is 22.4 Å². The summed E-state index contributed by atoms with van der Waals surface area (Å²) in [5, 5.41) is 11.6. The lowest BCUT2D eigenvalue weighted by Gasteiger charge is -2.32. The number of carbonyl (C=O) groups excluding carboxylic acids is 1. The topological polar surface area (TPSA) is 117 Å². The molecule has 0 spiro atoms. The van der Waals surface area contributed by atoms with Crippen LogP contribution < -0.4 is 11.1 Å². The van der Waals surface area contributed by atoms with Crippen LogP contribution >= 0.6 is 0 Å². The molecule has 1 atom stereocenters. The van der Waals surface area contributed by atoms with Gasteiger partial charge in [-0.25, -0.2) is 14.4 Å². The molecule has 32 heavy (non-hydrogen) atoms. The fourth-order valence-corrected chi connectivity index (χ4v) is 3.82. The van der Waals surface area contributed by atoms with Crippen molar-refractivity contribution in [2.45, 2.75) is 25.8 Å². The van der Waals surface area contributed by atoms with Crippen LogP contribution in [0.1, 0.15) is 45.2 Å². The van der Waals surface area contributed by atoms with Crippen molar-refractivity contribution in [3.63, 3.8) is 0 Å². The van der Waals surface area contributed by atoms with E-state index in [2.05, 4.69) is 20.3 Å². The standard InChI is InChI=1S/C23H18F2N6O/c1-12-7-13(10-26)11-29-19(12)22(32)30-14-3-4-18(24)17(8-14)23(2)9-16-15(21(27)31-23)5-6-28-20(16)25/h3-8,11H,9H2,1-2H3,(H2,27,31)(H,30,32)/t23-/m0/s1. The van der Waals surface area contributed by atoms with Crippen LogP contribution in [0.5, 0.6) is 0 Å². The summed E-state index contributed by atoms with van der Waals surface area (Å²) in [5.74, 6) is -1.68. The van der Waals surface area contributed by atoms with Crippen LogP contribution in [0.2, 0.25) is 0 Å². The van der Waals surface area contributed by atoms with Crippen molar-refractivity contribution in [2.24, 2.45) is 10.7 Å². The molecule has 0 saturated carbocycles. The number of fused-ring (bicyclic) bond motifs is 1. The number of amidine groups is 1. The lowest BCUT2D eigenvalue weighted by atomic mass is 9.82. The van der Waals surface area contributed by atoms with Crippen molar-refractivity contribution < 1.29 is 13.6 Å². The van der Waals surface area contributed by atoms with E-state index in [0.717, 1.165) is 0 Å². The first-order chi connectivity index (χ1) is 15.2. The first kappa shape index (κ1) is 21.1. The molecule has 0 aliphatic carbocycles. The highest BCUT2D eigenvalue weighted by atomic mass is 19.1. The summed E-state index contributed by atoms with van der Waals surface area (Å²) in [6, 6.07) is 9.14. The number of nitrogens with one attached hydrogen (secondary N) is 1. The molecule has 2 aromatic heterocycles. The van der Waals surface area contributed by atoms with Crippen molar-refractivity contribution in [3.8, 4) is 6.07 Å². The van der Waals surface area contributed by atoms with E-state index >= 15 is 0 Å². The molecule has 0 bridgehead atoms. The van der Waals surface area contributed by atoms with E-state index < -0.39 is 23.2 Å². The van der Waals surface area contributed by atoms with Gasteiger partial charge in [-0.15, -0.1) is 0 Å². The molecular weight excluding hydrogens is 414 g/mol. The molecule has 3 N–H and O–H groups in total. The number of rotatable bonds is 3. The third-order valence-corrected chi connectivity index (χ3v) is 5.39. The van der Waals surface area contributed by atoms with Crippen molar-refractivity contribution in [3.05, 3.63) is 88.0 Å². The number of halogens is 2. The zero-order valence-corrected chi connectivity index (χ0v) is 17.3. The molecule has 9 heteroatoms. The van der Waals surface area contributed by atoms with E-state index in [1.165, 1.54) is 30.6 Å². The monoisotopic (exact) mass is 432 g/mol. The number of aromatic nitrogens is 2. The van der Waals surface area contributed by atoms with Gasteiger partial charge in [0.05, 0.1) is 11.1 Å². The second kappa shape index (κ2) is 7.81. The van der Waals surface area contributed by atoms with Gasteiger partial charge in [0.15, 0.2) is 0 Å². The zero-order chi connectivity index (χ0) is 23.0. The van der Waals surface area contributed by atoms with E-state index in [1.807, 2.05) is 6.07 Å². The van der Waals surface area contributed by atoms with Gasteiger partial charge >= 0.3 is 0 Å². The summed E-state index contributed by atoms with van der Waals surface area (Å²) >= 11 is 0. The van der Waals surface area contributed by atoms with Crippen LogP contribution in [-0.2, 0) is 12.0 Å². The summed E-state index contributed by atoms with van der Waals surface area (Å²) in [5.41, 5.74) is 7.00. The SMILES string of the molecule is Cc1cc(C#N)cnc1C(=O)Nc1ccc(F)c([C@]2(C)Cc3c(ccnc3F)C(N)=N2)c1. The number of nitrogens with two attached hydrogens (primary N) is 1. The number of benzene rings is 1. The number of nitrogens with zero attached hydrogens (tertiary/aromatic N) is 4. The Kier molecular flexibility index (Phi) is 5.14. The molecule has 0 fully saturated rings. The predicted molar refractivity (Wildman–Crippen MR) is 114 cm³/mol. The van der Waals surface area contributed by atoms with E-state index in [-0.39, 0.29) is 29.1 Å². The summed E-state index contributed by atoms with van der Waals surface area (Å²) < 4.78 is 29.2. The quantitative estimate of drug-likeness (QED) is 0.616. The molecule has 1 aromatic carbocycles. The summed E-state index contributed by atoms with van der Waals surface area (Å²) in [6.07, 6.45) is 2.65. The maximum absolute atomic E-state index is 14.8. The average Bonchev–Trinajstić information content (AvgIpc) is 2.75. The van der Waals surface area contributed by atoms with Crippen LogP contribution in [0.15, 0.2) is 47.7 Å². The molecule has 1 amide bonds. The molecule has 7 nitrogen and oxygen atoms in total. The normalized spacial score (nSPS) is 17.2. The van der Waals surface area contributed by atoms with E-state index in [4.69, 9.17) is 11.0 Å². The largest absolute Gasteiger partial charge is 0.383 e. The first-order valence-electron chi connectivity index (χ1n) is 9.69. The van der Waals surface area contributed by atoms with Crippen LogP contribution in [0.25, 0.3) is 0 Å². The predicted octanol–water partition coefficient (Wildman–Crippen LogP) is 3.36. The fraction of sp³-hybridized carbons (Fsp3) is 0.174. The second-order valence-electron chi connectivity index (χ2n) is 7.73. The minimum Gasteiger partial charge on any atom is -0.383 e. The number of pyridine rings is 2. The fourth-order valence-electron chi connectivity index (χ4n) is 3.82. The Labute approximate surface area is 182 Å². The van der Waals surface area contributed by atoms with E-state index in [9.17, 15) is 13.6 Å². The summed E-state index contributed by atoms with van der Waals surface area (Å²) in [6.45, 7) is 3.31. The lowest BCUT2D eigenvalue weighted by Crippen LogP contribution is -2.35. The molecule has 0 radical (unpaired) electrons. The summed E-state index contributed by atoms with van der Waals surface area (Å²) in [4.78, 5) is 24.8. The van der Waals surface area contributed by atoms with Crippen LogP contribution in [0.4, 0.5) is 14.5 Å². The molecule has 1 aliphatic rings. The van der Waals surface area contributed by atoms with Gasteiger partial charge in [-0.3, -0.25) is 9.79 Å². The minimum absolute atomic E-state index is 0.0489. The van der Waals surface area contributed by atoms with Gasteiger partial charge in [-0.1, -0.05) is 0 Å². The molecule has 3 aromatic rings. The Hall–Kier alpha value is -4.19.